The molecule has 1 aromatic carbocycles. The molecule has 0 radical (unpaired) electrons. The van der Waals surface area contributed by atoms with Gasteiger partial charge in [-0.05, 0) is 24.8 Å². The van der Waals surface area contributed by atoms with Gasteiger partial charge in [0.2, 0.25) is 0 Å². The van der Waals surface area contributed by atoms with Gasteiger partial charge < -0.3 is 9.84 Å². The van der Waals surface area contributed by atoms with Gasteiger partial charge in [0, 0.05) is 0 Å². The van der Waals surface area contributed by atoms with Crippen LogP contribution in [-0.4, -0.2) is 27.1 Å². The summed E-state index contributed by atoms with van der Waals surface area (Å²) in [6, 6.07) is 10.2. The van der Waals surface area contributed by atoms with Crippen LogP contribution in [0.4, 0.5) is 0 Å². The Balaban J connectivity index is 1.63. The van der Waals surface area contributed by atoms with Crippen molar-refractivity contribution in [2.45, 2.75) is 38.0 Å². The molecule has 0 bridgehead atoms. The smallest absolute Gasteiger partial charge is 0.157 e. The second-order valence-corrected chi connectivity index (χ2v) is 5.01. The lowest BCUT2D eigenvalue weighted by atomic mass is 10.2. The lowest BCUT2D eigenvalue weighted by molar-refractivity contribution is 0.0603. The van der Waals surface area contributed by atoms with Crippen molar-refractivity contribution in [3.8, 4) is 5.75 Å². The van der Waals surface area contributed by atoms with Gasteiger partial charge in [0.05, 0.1) is 25.0 Å². The standard InChI is InChI=1S/C15H18N2O2/c18-14-7-4-8-15(14)19-13-9-16-17(11-13)10-12-5-2-1-3-6-12/h1-3,5-6,9,11,14-15,18H,4,7-8,10H2/t14-,15-/m1/s1. The van der Waals surface area contributed by atoms with Crippen LogP contribution in [0.3, 0.4) is 0 Å². The van der Waals surface area contributed by atoms with Crippen LogP contribution < -0.4 is 4.74 Å². The number of rotatable bonds is 4. The largest absolute Gasteiger partial charge is 0.484 e. The topological polar surface area (TPSA) is 47.3 Å². The summed E-state index contributed by atoms with van der Waals surface area (Å²) in [5.41, 5.74) is 1.21. The lowest BCUT2D eigenvalue weighted by Gasteiger charge is -2.15. The summed E-state index contributed by atoms with van der Waals surface area (Å²) in [5.74, 6) is 0.738. The maximum atomic E-state index is 9.74. The molecule has 0 unspecified atom stereocenters. The number of aliphatic hydroxyl groups excluding tert-OH is 1. The molecule has 1 heterocycles. The third-order valence-corrected chi connectivity index (χ3v) is 3.50. The zero-order valence-corrected chi connectivity index (χ0v) is 10.8. The molecule has 1 aliphatic rings. The van der Waals surface area contributed by atoms with Crippen LogP contribution in [0.2, 0.25) is 0 Å². The molecule has 0 spiro atoms. The summed E-state index contributed by atoms with van der Waals surface area (Å²) in [6.45, 7) is 0.734. The first-order chi connectivity index (χ1) is 9.31. The minimum Gasteiger partial charge on any atom is -0.484 e. The first-order valence-corrected chi connectivity index (χ1v) is 6.72. The van der Waals surface area contributed by atoms with E-state index >= 15 is 0 Å². The quantitative estimate of drug-likeness (QED) is 0.914. The van der Waals surface area contributed by atoms with Crippen LogP contribution in [-0.2, 0) is 6.54 Å². The van der Waals surface area contributed by atoms with E-state index in [1.165, 1.54) is 5.56 Å². The van der Waals surface area contributed by atoms with Gasteiger partial charge in [-0.2, -0.15) is 5.10 Å². The zero-order valence-electron chi connectivity index (χ0n) is 10.8. The summed E-state index contributed by atoms with van der Waals surface area (Å²) in [5, 5.41) is 14.0. The lowest BCUT2D eigenvalue weighted by Crippen LogP contribution is -2.25. The van der Waals surface area contributed by atoms with Crippen molar-refractivity contribution in [1.29, 1.82) is 0 Å². The molecule has 1 aromatic heterocycles. The molecule has 1 fully saturated rings. The summed E-state index contributed by atoms with van der Waals surface area (Å²) in [7, 11) is 0. The third kappa shape index (κ3) is 2.96. The van der Waals surface area contributed by atoms with E-state index in [1.54, 1.807) is 6.20 Å². The predicted molar refractivity (Wildman–Crippen MR) is 72.0 cm³/mol. The zero-order chi connectivity index (χ0) is 13.1. The highest BCUT2D eigenvalue weighted by atomic mass is 16.5. The molecule has 1 saturated carbocycles. The Morgan fingerprint density at radius 2 is 2.11 bits per heavy atom. The normalized spacial score (nSPS) is 22.6. The Hall–Kier alpha value is -1.81. The Kier molecular flexibility index (Phi) is 3.51. The van der Waals surface area contributed by atoms with Gasteiger partial charge in [-0.25, -0.2) is 0 Å². The summed E-state index contributed by atoms with van der Waals surface area (Å²) >= 11 is 0. The van der Waals surface area contributed by atoms with Crippen molar-refractivity contribution >= 4 is 0 Å². The molecule has 0 saturated heterocycles. The fraction of sp³-hybridized carbons (Fsp3) is 0.400. The maximum absolute atomic E-state index is 9.74. The van der Waals surface area contributed by atoms with Gasteiger partial charge in [-0.3, -0.25) is 4.68 Å². The van der Waals surface area contributed by atoms with Crippen molar-refractivity contribution in [1.82, 2.24) is 9.78 Å². The number of hydrogen-bond acceptors (Lipinski definition) is 3. The molecule has 0 amide bonds. The maximum Gasteiger partial charge on any atom is 0.157 e. The van der Waals surface area contributed by atoms with Crippen molar-refractivity contribution in [3.05, 3.63) is 48.3 Å². The number of benzene rings is 1. The number of aromatic nitrogens is 2. The SMILES string of the molecule is O[C@@H]1CCC[C@H]1Oc1cnn(Cc2ccccc2)c1. The number of nitrogens with zero attached hydrogens (tertiary/aromatic N) is 2. The highest BCUT2D eigenvalue weighted by Gasteiger charge is 2.27. The molecule has 19 heavy (non-hydrogen) atoms. The minimum atomic E-state index is -0.336. The van der Waals surface area contributed by atoms with E-state index in [-0.39, 0.29) is 12.2 Å². The average Bonchev–Trinajstić information content (AvgIpc) is 3.02. The van der Waals surface area contributed by atoms with Gasteiger partial charge in [0.15, 0.2) is 5.75 Å². The fourth-order valence-electron chi connectivity index (χ4n) is 2.48. The van der Waals surface area contributed by atoms with Gasteiger partial charge in [-0.15, -0.1) is 0 Å². The first kappa shape index (κ1) is 12.2. The molecular formula is C15H18N2O2. The Labute approximate surface area is 112 Å². The average molecular weight is 258 g/mol. The van der Waals surface area contributed by atoms with E-state index in [4.69, 9.17) is 4.74 Å². The number of hydrogen-bond donors (Lipinski definition) is 1. The molecule has 2 atom stereocenters. The van der Waals surface area contributed by atoms with Crippen molar-refractivity contribution in [2.75, 3.05) is 0 Å². The Bertz CT molecular complexity index is 524. The van der Waals surface area contributed by atoms with Crippen LogP contribution in [0.15, 0.2) is 42.7 Å². The predicted octanol–water partition coefficient (Wildman–Crippen LogP) is 2.22. The van der Waals surface area contributed by atoms with Crippen molar-refractivity contribution < 1.29 is 9.84 Å². The molecule has 4 nitrogen and oxygen atoms in total. The van der Waals surface area contributed by atoms with Crippen LogP contribution >= 0.6 is 0 Å². The van der Waals surface area contributed by atoms with Crippen molar-refractivity contribution in [2.24, 2.45) is 0 Å². The van der Waals surface area contributed by atoms with Crippen LogP contribution in [0, 0.1) is 0 Å². The second kappa shape index (κ2) is 5.45. The molecule has 1 N–H and O–H groups in total. The highest BCUT2D eigenvalue weighted by molar-refractivity contribution is 5.17. The third-order valence-electron chi connectivity index (χ3n) is 3.50. The number of ether oxygens (including phenoxy) is 1. The minimum absolute atomic E-state index is 0.0747. The van der Waals surface area contributed by atoms with E-state index in [0.29, 0.717) is 0 Å². The van der Waals surface area contributed by atoms with E-state index in [0.717, 1.165) is 31.6 Å². The molecule has 1 aliphatic carbocycles. The fourth-order valence-corrected chi connectivity index (χ4v) is 2.48. The Morgan fingerprint density at radius 1 is 1.26 bits per heavy atom. The van der Waals surface area contributed by atoms with E-state index < -0.39 is 0 Å². The summed E-state index contributed by atoms with van der Waals surface area (Å²) in [4.78, 5) is 0. The van der Waals surface area contributed by atoms with Gasteiger partial charge in [0.1, 0.15) is 6.10 Å². The molecular weight excluding hydrogens is 240 g/mol. The molecule has 100 valence electrons. The second-order valence-electron chi connectivity index (χ2n) is 5.01. The van der Waals surface area contributed by atoms with Crippen LogP contribution in [0.5, 0.6) is 5.75 Å². The first-order valence-electron chi connectivity index (χ1n) is 6.72. The van der Waals surface area contributed by atoms with E-state index in [1.807, 2.05) is 29.1 Å². The van der Waals surface area contributed by atoms with Gasteiger partial charge in [0.25, 0.3) is 0 Å². The van der Waals surface area contributed by atoms with Crippen LogP contribution in [0.25, 0.3) is 0 Å². The van der Waals surface area contributed by atoms with Crippen LogP contribution in [0.1, 0.15) is 24.8 Å². The van der Waals surface area contributed by atoms with Crippen molar-refractivity contribution in [3.63, 3.8) is 0 Å². The van der Waals surface area contributed by atoms with E-state index in [9.17, 15) is 5.11 Å². The molecule has 2 aromatic rings. The Morgan fingerprint density at radius 3 is 2.84 bits per heavy atom. The monoisotopic (exact) mass is 258 g/mol. The highest BCUT2D eigenvalue weighted by Crippen LogP contribution is 2.24. The number of aliphatic hydroxyl groups is 1. The van der Waals surface area contributed by atoms with E-state index in [2.05, 4.69) is 17.2 Å². The molecule has 0 aliphatic heterocycles. The van der Waals surface area contributed by atoms with Gasteiger partial charge in [-0.1, -0.05) is 30.3 Å². The molecule has 3 rings (SSSR count). The molecule has 4 heteroatoms. The summed E-state index contributed by atoms with van der Waals surface area (Å²) in [6.07, 6.45) is 5.98. The summed E-state index contributed by atoms with van der Waals surface area (Å²) < 4.78 is 7.63. The van der Waals surface area contributed by atoms with Gasteiger partial charge >= 0.3 is 0 Å².